The summed E-state index contributed by atoms with van der Waals surface area (Å²) in [6.07, 6.45) is -4.53. The van der Waals surface area contributed by atoms with E-state index in [4.69, 9.17) is 26.3 Å². The number of benzene rings is 1. The van der Waals surface area contributed by atoms with Crippen molar-refractivity contribution < 1.29 is 26.9 Å². The number of hydrogen-bond donors (Lipinski definition) is 2. The van der Waals surface area contributed by atoms with Gasteiger partial charge in [0.05, 0.1) is 5.56 Å². The molecular formula is C16H11ClF3N3O3. The zero-order valence-electron chi connectivity index (χ0n) is 12.9. The van der Waals surface area contributed by atoms with E-state index in [1.807, 2.05) is 0 Å². The minimum Gasteiger partial charge on any atom is -0.443 e. The molecule has 0 aliphatic rings. The minimum atomic E-state index is -4.53. The Labute approximate surface area is 149 Å². The number of nitrogen functional groups attached to an aromatic ring is 1. The third-order valence-corrected chi connectivity index (χ3v) is 3.72. The molecule has 136 valence electrons. The highest BCUT2D eigenvalue weighted by atomic mass is 35.5. The van der Waals surface area contributed by atoms with Crippen LogP contribution < -0.4 is 11.1 Å². The number of furan rings is 1. The van der Waals surface area contributed by atoms with Crippen LogP contribution in [0, 0.1) is 0 Å². The van der Waals surface area contributed by atoms with Gasteiger partial charge in [-0.15, -0.1) is 0 Å². The summed E-state index contributed by atoms with van der Waals surface area (Å²) in [4.78, 5) is 12.4. The Kier molecular flexibility index (Phi) is 4.64. The largest absolute Gasteiger partial charge is 0.443 e. The van der Waals surface area contributed by atoms with E-state index in [9.17, 15) is 18.0 Å². The lowest BCUT2D eigenvalue weighted by Gasteiger charge is -2.13. The Morgan fingerprint density at radius 1 is 1.23 bits per heavy atom. The third kappa shape index (κ3) is 3.52. The molecule has 10 heteroatoms. The van der Waals surface area contributed by atoms with Crippen molar-refractivity contribution in [2.75, 3.05) is 5.73 Å². The van der Waals surface area contributed by atoms with Crippen molar-refractivity contribution >= 4 is 23.4 Å². The first kappa shape index (κ1) is 17.9. The second kappa shape index (κ2) is 6.75. The molecule has 0 aliphatic heterocycles. The molecule has 3 N–H and O–H groups in total. The summed E-state index contributed by atoms with van der Waals surface area (Å²) in [7, 11) is 0. The molecular weight excluding hydrogens is 375 g/mol. The second-order valence-electron chi connectivity index (χ2n) is 5.21. The number of nitrogens with zero attached hydrogens (tertiary/aromatic N) is 1. The molecule has 2 heterocycles. The Hall–Kier alpha value is -2.94. The molecule has 0 radical (unpaired) electrons. The highest BCUT2D eigenvalue weighted by Crippen LogP contribution is 2.32. The topological polar surface area (TPSA) is 94.3 Å². The van der Waals surface area contributed by atoms with Crippen LogP contribution in [0.1, 0.15) is 21.5 Å². The number of halogens is 4. The van der Waals surface area contributed by atoms with E-state index in [-0.39, 0.29) is 40.2 Å². The van der Waals surface area contributed by atoms with Gasteiger partial charge in [-0.25, -0.2) is 0 Å². The zero-order chi connectivity index (χ0) is 18.9. The van der Waals surface area contributed by atoms with Gasteiger partial charge in [-0.05, 0) is 35.4 Å². The lowest BCUT2D eigenvalue weighted by atomic mass is 10.1. The number of anilines is 1. The van der Waals surface area contributed by atoms with Gasteiger partial charge < -0.3 is 20.0 Å². The van der Waals surface area contributed by atoms with Crippen LogP contribution in [-0.4, -0.2) is 11.1 Å². The van der Waals surface area contributed by atoms with Crippen LogP contribution in [0.15, 0.2) is 45.3 Å². The maximum atomic E-state index is 13.0. The number of rotatable bonds is 4. The molecule has 1 amide bonds. The summed E-state index contributed by atoms with van der Waals surface area (Å²) in [5.74, 6) is -0.923. The van der Waals surface area contributed by atoms with Crippen LogP contribution in [-0.2, 0) is 12.7 Å². The molecule has 0 saturated heterocycles. The average molecular weight is 386 g/mol. The molecule has 0 bridgehead atoms. The summed E-state index contributed by atoms with van der Waals surface area (Å²) < 4.78 is 49.0. The van der Waals surface area contributed by atoms with Gasteiger partial charge in [-0.3, -0.25) is 4.79 Å². The normalized spacial score (nSPS) is 11.5. The molecule has 0 aliphatic carbocycles. The van der Waals surface area contributed by atoms with Gasteiger partial charge >= 0.3 is 6.18 Å². The molecule has 2 aromatic heterocycles. The molecule has 0 atom stereocenters. The van der Waals surface area contributed by atoms with Crippen molar-refractivity contribution in [3.8, 4) is 11.5 Å². The first-order valence-corrected chi connectivity index (χ1v) is 7.59. The quantitative estimate of drug-likeness (QED) is 0.704. The van der Waals surface area contributed by atoms with E-state index in [1.54, 1.807) is 0 Å². The number of amides is 1. The van der Waals surface area contributed by atoms with E-state index in [0.717, 1.165) is 6.07 Å². The summed E-state index contributed by atoms with van der Waals surface area (Å²) in [5, 5.41) is 6.08. The van der Waals surface area contributed by atoms with Gasteiger partial charge in [0.1, 0.15) is 5.56 Å². The van der Waals surface area contributed by atoms with E-state index < -0.39 is 17.6 Å². The number of carbonyl (C=O) groups is 1. The van der Waals surface area contributed by atoms with Crippen LogP contribution >= 0.6 is 11.6 Å². The lowest BCUT2D eigenvalue weighted by Crippen LogP contribution is -2.25. The Bertz CT molecular complexity index is 950. The van der Waals surface area contributed by atoms with E-state index in [1.165, 1.54) is 30.3 Å². The Balaban J connectivity index is 1.84. The molecule has 1 aromatic carbocycles. The van der Waals surface area contributed by atoms with Crippen molar-refractivity contribution in [2.45, 2.75) is 12.7 Å². The van der Waals surface area contributed by atoms with Crippen molar-refractivity contribution in [1.82, 2.24) is 10.5 Å². The summed E-state index contributed by atoms with van der Waals surface area (Å²) in [5.41, 5.74) is 4.53. The molecule has 0 fully saturated rings. The fraction of sp³-hybridized carbons (Fsp3) is 0.125. The van der Waals surface area contributed by atoms with E-state index in [2.05, 4.69) is 10.5 Å². The first-order chi connectivity index (χ1) is 12.3. The number of alkyl halides is 3. The predicted molar refractivity (Wildman–Crippen MR) is 86.2 cm³/mol. The summed E-state index contributed by atoms with van der Waals surface area (Å²) in [6, 6.07) is 7.81. The lowest BCUT2D eigenvalue weighted by molar-refractivity contribution is -0.138. The minimum absolute atomic E-state index is 0.00370. The fourth-order valence-electron chi connectivity index (χ4n) is 2.35. The molecule has 3 aromatic rings. The average Bonchev–Trinajstić information content (AvgIpc) is 3.17. The molecule has 0 spiro atoms. The van der Waals surface area contributed by atoms with Crippen molar-refractivity contribution in [3.05, 3.63) is 58.3 Å². The summed E-state index contributed by atoms with van der Waals surface area (Å²) in [6.45, 7) is -0.364. The standard InChI is InChI=1S/C16H11ClF3N3O3/c17-11-6-5-10(25-11)13-12(14(21)26-23-13)15(24)22-7-8-3-1-2-4-9(8)16(18,19)20/h1-6H,7,21H2,(H,22,24). The predicted octanol–water partition coefficient (Wildman–Crippen LogP) is 4.12. The van der Waals surface area contributed by atoms with E-state index >= 15 is 0 Å². The SMILES string of the molecule is Nc1onc(-c2ccc(Cl)o2)c1C(=O)NCc1ccccc1C(F)(F)F. The van der Waals surface area contributed by atoms with E-state index in [0.29, 0.717) is 0 Å². The first-order valence-electron chi connectivity index (χ1n) is 7.21. The number of carbonyl (C=O) groups excluding carboxylic acids is 1. The van der Waals surface area contributed by atoms with Crippen LogP contribution in [0.25, 0.3) is 11.5 Å². The smallest absolute Gasteiger partial charge is 0.416 e. The maximum Gasteiger partial charge on any atom is 0.416 e. The van der Waals surface area contributed by atoms with Crippen LogP contribution in [0.3, 0.4) is 0 Å². The highest BCUT2D eigenvalue weighted by molar-refractivity contribution is 6.29. The molecule has 26 heavy (non-hydrogen) atoms. The Morgan fingerprint density at radius 3 is 2.62 bits per heavy atom. The van der Waals surface area contributed by atoms with Crippen molar-refractivity contribution in [3.63, 3.8) is 0 Å². The number of aromatic nitrogens is 1. The van der Waals surface area contributed by atoms with Crippen LogP contribution in [0.4, 0.5) is 19.1 Å². The van der Waals surface area contributed by atoms with Gasteiger partial charge in [0.2, 0.25) is 5.88 Å². The van der Waals surface area contributed by atoms with Gasteiger partial charge in [-0.1, -0.05) is 23.4 Å². The molecule has 0 saturated carbocycles. The van der Waals surface area contributed by atoms with Crippen molar-refractivity contribution in [1.29, 1.82) is 0 Å². The van der Waals surface area contributed by atoms with Gasteiger partial charge in [0.25, 0.3) is 5.91 Å². The second-order valence-corrected chi connectivity index (χ2v) is 5.58. The molecule has 6 nitrogen and oxygen atoms in total. The van der Waals surface area contributed by atoms with Gasteiger partial charge in [-0.2, -0.15) is 13.2 Å². The molecule has 0 unspecified atom stereocenters. The van der Waals surface area contributed by atoms with Gasteiger partial charge in [0.15, 0.2) is 16.7 Å². The highest BCUT2D eigenvalue weighted by Gasteiger charge is 2.33. The monoisotopic (exact) mass is 385 g/mol. The van der Waals surface area contributed by atoms with Crippen LogP contribution in [0.5, 0.6) is 0 Å². The summed E-state index contributed by atoms with van der Waals surface area (Å²) >= 11 is 5.69. The van der Waals surface area contributed by atoms with Gasteiger partial charge in [0, 0.05) is 6.54 Å². The molecule has 3 rings (SSSR count). The maximum absolute atomic E-state index is 13.0. The number of nitrogens with one attached hydrogen (secondary N) is 1. The fourth-order valence-corrected chi connectivity index (χ4v) is 2.49. The van der Waals surface area contributed by atoms with Crippen molar-refractivity contribution in [2.24, 2.45) is 0 Å². The number of nitrogens with two attached hydrogens (primary N) is 1. The van der Waals surface area contributed by atoms with Crippen LogP contribution in [0.2, 0.25) is 5.22 Å². The third-order valence-electron chi connectivity index (χ3n) is 3.51. The zero-order valence-corrected chi connectivity index (χ0v) is 13.7. The number of hydrogen-bond acceptors (Lipinski definition) is 5. The Morgan fingerprint density at radius 2 is 1.96 bits per heavy atom.